The van der Waals surface area contributed by atoms with Gasteiger partial charge in [0.1, 0.15) is 10.8 Å². The molecule has 1 aliphatic heterocycles. The Morgan fingerprint density at radius 2 is 1.94 bits per heavy atom. The standard InChI is InChI=1S/C23H24ClN7OS/c24-17-15(5-8-28-20(17)26)33-16-12-29-22(18(30-16)21(27)32)31-9-6-23(7-10-31)11-13-3-1-2-4-14(13)19(23)25/h1-5,8,12,19H,6-7,9-11,25H2,(H2,26,28)(H2,27,32)/t19-/m1/s1. The van der Waals surface area contributed by atoms with E-state index in [1.54, 1.807) is 18.5 Å². The Morgan fingerprint density at radius 1 is 1.18 bits per heavy atom. The molecule has 1 saturated heterocycles. The Bertz CT molecular complexity index is 1230. The summed E-state index contributed by atoms with van der Waals surface area (Å²) in [7, 11) is 0. The molecule has 0 saturated carbocycles. The lowest BCUT2D eigenvalue weighted by Crippen LogP contribution is -2.45. The maximum absolute atomic E-state index is 12.2. The Kier molecular flexibility index (Phi) is 5.64. The zero-order chi connectivity index (χ0) is 23.2. The van der Waals surface area contributed by atoms with E-state index in [4.69, 9.17) is 28.8 Å². The molecule has 1 amide bonds. The fraction of sp³-hybridized carbons (Fsp3) is 0.304. The summed E-state index contributed by atoms with van der Waals surface area (Å²) in [5.74, 6) is 0.118. The molecule has 1 fully saturated rings. The first-order valence-electron chi connectivity index (χ1n) is 10.7. The van der Waals surface area contributed by atoms with E-state index in [0.717, 1.165) is 32.4 Å². The van der Waals surface area contributed by atoms with Crippen molar-refractivity contribution in [3.05, 3.63) is 64.6 Å². The maximum Gasteiger partial charge on any atom is 0.271 e. The zero-order valence-corrected chi connectivity index (χ0v) is 19.4. The van der Waals surface area contributed by atoms with Gasteiger partial charge in [-0.1, -0.05) is 47.6 Å². The van der Waals surface area contributed by atoms with E-state index in [-0.39, 0.29) is 23.0 Å². The maximum atomic E-state index is 12.2. The molecule has 8 nitrogen and oxygen atoms in total. The number of amides is 1. The molecule has 1 aliphatic carbocycles. The SMILES string of the molecule is NC(=O)c1nc(Sc2ccnc(N)c2Cl)cnc1N1CCC2(CC1)Cc1ccccc1[C@H]2N. The smallest absolute Gasteiger partial charge is 0.271 e. The number of carbonyl (C=O) groups excluding carboxylic acids is 1. The molecule has 3 aromatic rings. The topological polar surface area (TPSA) is 137 Å². The van der Waals surface area contributed by atoms with Gasteiger partial charge in [-0.15, -0.1) is 0 Å². The van der Waals surface area contributed by atoms with Crippen LogP contribution < -0.4 is 22.1 Å². The van der Waals surface area contributed by atoms with E-state index in [1.807, 2.05) is 0 Å². The van der Waals surface area contributed by atoms with Gasteiger partial charge in [0.25, 0.3) is 5.91 Å². The number of carbonyl (C=O) groups is 1. The van der Waals surface area contributed by atoms with Gasteiger partial charge in [0.05, 0.1) is 11.2 Å². The number of nitrogens with two attached hydrogens (primary N) is 3. The molecule has 5 rings (SSSR count). The molecule has 6 N–H and O–H groups in total. The van der Waals surface area contributed by atoms with Gasteiger partial charge in [0.2, 0.25) is 0 Å². The summed E-state index contributed by atoms with van der Waals surface area (Å²) in [6, 6.07) is 10.2. The molecule has 170 valence electrons. The summed E-state index contributed by atoms with van der Waals surface area (Å²) >= 11 is 7.49. The highest BCUT2D eigenvalue weighted by atomic mass is 35.5. The quantitative estimate of drug-likeness (QED) is 0.516. The summed E-state index contributed by atoms with van der Waals surface area (Å²) in [6.45, 7) is 1.46. The predicted molar refractivity (Wildman–Crippen MR) is 129 cm³/mol. The first-order chi connectivity index (χ1) is 15.9. The van der Waals surface area contributed by atoms with Crippen molar-refractivity contribution in [1.82, 2.24) is 15.0 Å². The molecular formula is C23H24ClN7OS. The first-order valence-corrected chi connectivity index (χ1v) is 11.9. The van der Waals surface area contributed by atoms with E-state index in [9.17, 15) is 4.79 Å². The van der Waals surface area contributed by atoms with Crippen molar-refractivity contribution in [3.8, 4) is 0 Å². The van der Waals surface area contributed by atoms with Crippen LogP contribution in [0.1, 0.15) is 40.5 Å². The lowest BCUT2D eigenvalue weighted by atomic mass is 9.73. The number of hydrogen-bond acceptors (Lipinski definition) is 8. The highest BCUT2D eigenvalue weighted by molar-refractivity contribution is 7.99. The van der Waals surface area contributed by atoms with Crippen LogP contribution in [-0.4, -0.2) is 33.9 Å². The number of halogens is 1. The average molecular weight is 482 g/mol. The van der Waals surface area contributed by atoms with Crippen molar-refractivity contribution < 1.29 is 4.79 Å². The van der Waals surface area contributed by atoms with Gasteiger partial charge in [-0.05, 0) is 41.9 Å². The molecular weight excluding hydrogens is 458 g/mol. The fourth-order valence-corrected chi connectivity index (χ4v) is 5.93. The number of rotatable bonds is 4. The monoisotopic (exact) mass is 481 g/mol. The molecule has 2 aromatic heterocycles. The van der Waals surface area contributed by atoms with Gasteiger partial charge >= 0.3 is 0 Å². The van der Waals surface area contributed by atoms with E-state index in [0.29, 0.717) is 20.8 Å². The van der Waals surface area contributed by atoms with Crippen molar-refractivity contribution in [2.24, 2.45) is 16.9 Å². The summed E-state index contributed by atoms with van der Waals surface area (Å²) in [5.41, 5.74) is 20.9. The van der Waals surface area contributed by atoms with Crippen LogP contribution in [0.4, 0.5) is 11.6 Å². The van der Waals surface area contributed by atoms with Crippen LogP contribution in [0.5, 0.6) is 0 Å². The van der Waals surface area contributed by atoms with Gasteiger partial charge in [-0.25, -0.2) is 15.0 Å². The third-order valence-electron chi connectivity index (χ3n) is 6.71. The molecule has 1 atom stereocenters. The van der Waals surface area contributed by atoms with Crippen molar-refractivity contribution in [3.63, 3.8) is 0 Å². The van der Waals surface area contributed by atoms with Gasteiger partial charge < -0.3 is 22.1 Å². The van der Waals surface area contributed by atoms with Crippen LogP contribution in [0.2, 0.25) is 5.02 Å². The van der Waals surface area contributed by atoms with Crippen molar-refractivity contribution >= 4 is 40.9 Å². The molecule has 10 heteroatoms. The lowest BCUT2D eigenvalue weighted by Gasteiger charge is -2.42. The van der Waals surface area contributed by atoms with Crippen molar-refractivity contribution in [1.29, 1.82) is 0 Å². The van der Waals surface area contributed by atoms with Gasteiger partial charge in [-0.3, -0.25) is 4.79 Å². The third-order valence-corrected chi connectivity index (χ3v) is 8.19. The van der Waals surface area contributed by atoms with Crippen LogP contribution in [-0.2, 0) is 6.42 Å². The van der Waals surface area contributed by atoms with Crippen LogP contribution >= 0.6 is 23.4 Å². The lowest BCUT2D eigenvalue weighted by molar-refractivity contribution is 0.0994. The van der Waals surface area contributed by atoms with Gasteiger partial charge in [0.15, 0.2) is 11.5 Å². The Balaban J connectivity index is 1.36. The molecule has 0 radical (unpaired) electrons. The molecule has 33 heavy (non-hydrogen) atoms. The summed E-state index contributed by atoms with van der Waals surface area (Å²) in [4.78, 5) is 28.0. The fourth-order valence-electron chi connectivity index (χ4n) is 4.91. The van der Waals surface area contributed by atoms with E-state index in [2.05, 4.69) is 44.1 Å². The molecule has 0 bridgehead atoms. The average Bonchev–Trinajstić information content (AvgIpc) is 3.09. The first kappa shape index (κ1) is 21.9. The van der Waals surface area contributed by atoms with Crippen LogP contribution in [0, 0.1) is 5.41 Å². The number of fused-ring (bicyclic) bond motifs is 1. The molecule has 0 unspecified atom stereocenters. The molecule has 1 spiro atoms. The third kappa shape index (κ3) is 3.90. The van der Waals surface area contributed by atoms with E-state index >= 15 is 0 Å². The second-order valence-corrected chi connectivity index (χ2v) is 10.00. The Labute approximate surface area is 200 Å². The van der Waals surface area contributed by atoms with E-state index < -0.39 is 5.91 Å². The number of nitrogens with zero attached hydrogens (tertiary/aromatic N) is 4. The second kappa shape index (κ2) is 8.48. The Hall–Kier alpha value is -2.88. The number of piperidine rings is 1. The number of anilines is 2. The summed E-state index contributed by atoms with van der Waals surface area (Å²) in [5, 5.41) is 0.839. The highest BCUT2D eigenvalue weighted by Crippen LogP contribution is 2.51. The zero-order valence-electron chi connectivity index (χ0n) is 17.9. The molecule has 1 aromatic carbocycles. The number of benzene rings is 1. The Morgan fingerprint density at radius 3 is 2.67 bits per heavy atom. The number of aromatic nitrogens is 3. The summed E-state index contributed by atoms with van der Waals surface area (Å²) < 4.78 is 0. The van der Waals surface area contributed by atoms with Crippen LogP contribution in [0.25, 0.3) is 0 Å². The van der Waals surface area contributed by atoms with Gasteiger partial charge in [0, 0.05) is 30.2 Å². The van der Waals surface area contributed by atoms with Crippen LogP contribution in [0.3, 0.4) is 0 Å². The second-order valence-electron chi connectivity index (χ2n) is 8.56. The normalized spacial score (nSPS) is 19.0. The number of primary amides is 1. The van der Waals surface area contributed by atoms with Crippen LogP contribution in [0.15, 0.2) is 52.6 Å². The van der Waals surface area contributed by atoms with E-state index in [1.165, 1.54) is 22.9 Å². The minimum Gasteiger partial charge on any atom is -0.382 e. The van der Waals surface area contributed by atoms with Crippen molar-refractivity contribution in [2.75, 3.05) is 23.7 Å². The number of hydrogen-bond donors (Lipinski definition) is 3. The number of nitrogen functional groups attached to an aromatic ring is 1. The summed E-state index contributed by atoms with van der Waals surface area (Å²) in [6.07, 6.45) is 5.99. The minimum absolute atomic E-state index is 0.0221. The largest absolute Gasteiger partial charge is 0.382 e. The predicted octanol–water partition coefficient (Wildman–Crippen LogP) is 3.20. The molecule has 3 heterocycles. The highest BCUT2D eigenvalue weighted by Gasteiger charge is 2.46. The van der Waals surface area contributed by atoms with Gasteiger partial charge in [-0.2, -0.15) is 0 Å². The number of pyridine rings is 1. The molecule has 2 aliphatic rings. The minimum atomic E-state index is -0.620. The van der Waals surface area contributed by atoms with Crippen molar-refractivity contribution in [2.45, 2.75) is 35.2 Å².